The summed E-state index contributed by atoms with van der Waals surface area (Å²) < 4.78 is 7.65. The first-order valence-corrected chi connectivity index (χ1v) is 9.73. The summed E-state index contributed by atoms with van der Waals surface area (Å²) >= 11 is 0. The molecule has 0 spiro atoms. The van der Waals surface area contributed by atoms with Gasteiger partial charge in [-0.15, -0.1) is 34.2 Å². The van der Waals surface area contributed by atoms with Gasteiger partial charge in [0.1, 0.15) is 12.4 Å². The second-order valence-electron chi connectivity index (χ2n) is 8.34. The van der Waals surface area contributed by atoms with Crippen molar-refractivity contribution >= 4 is 29.9 Å². The normalized spacial score (nSPS) is 17.3. The summed E-state index contributed by atoms with van der Waals surface area (Å²) in [6, 6.07) is 0.492. The first-order chi connectivity index (χ1) is 12.3. The third kappa shape index (κ3) is 7.56. The van der Waals surface area contributed by atoms with Gasteiger partial charge in [0.15, 0.2) is 11.8 Å². The van der Waals surface area contributed by atoms with Crippen molar-refractivity contribution in [1.82, 2.24) is 25.4 Å². The van der Waals surface area contributed by atoms with Gasteiger partial charge in [0, 0.05) is 26.7 Å². The lowest BCUT2D eigenvalue weighted by Gasteiger charge is -2.31. The molecule has 1 aromatic heterocycles. The van der Waals surface area contributed by atoms with Gasteiger partial charge in [-0.25, -0.2) is 4.99 Å². The maximum absolute atomic E-state index is 5.67. The van der Waals surface area contributed by atoms with Crippen molar-refractivity contribution in [3.05, 3.63) is 11.6 Å². The molecule has 1 unspecified atom stereocenters. The molecule has 1 atom stereocenters. The van der Waals surface area contributed by atoms with Crippen LogP contribution in [0.1, 0.15) is 64.5 Å². The molecule has 0 aromatic carbocycles. The van der Waals surface area contributed by atoms with Gasteiger partial charge < -0.3 is 19.9 Å². The molecular weight excluding hydrogens is 455 g/mol. The lowest BCUT2D eigenvalue weighted by Crippen LogP contribution is -2.48. The summed E-state index contributed by atoms with van der Waals surface area (Å²) in [6.45, 7) is 9.75. The van der Waals surface area contributed by atoms with Gasteiger partial charge in [-0.05, 0) is 25.2 Å². The largest absolute Gasteiger partial charge is 0.379 e. The number of halogens is 1. The van der Waals surface area contributed by atoms with Crippen LogP contribution in [-0.4, -0.2) is 46.5 Å². The minimum Gasteiger partial charge on any atom is -0.379 e. The van der Waals surface area contributed by atoms with Crippen LogP contribution in [0.3, 0.4) is 0 Å². The summed E-state index contributed by atoms with van der Waals surface area (Å²) in [5.74, 6) is 2.60. The Morgan fingerprint density at radius 1 is 1.26 bits per heavy atom. The molecule has 1 aromatic rings. The highest BCUT2D eigenvalue weighted by Gasteiger charge is 2.25. The highest BCUT2D eigenvalue weighted by molar-refractivity contribution is 14.0. The van der Waals surface area contributed by atoms with Crippen LogP contribution >= 0.6 is 24.0 Å². The summed E-state index contributed by atoms with van der Waals surface area (Å²) in [4.78, 5) is 4.77. The Labute approximate surface area is 181 Å². The number of nitrogens with one attached hydrogen (secondary N) is 2. The van der Waals surface area contributed by atoms with E-state index in [0.717, 1.165) is 24.2 Å². The van der Waals surface area contributed by atoms with Crippen LogP contribution in [-0.2, 0) is 18.3 Å². The molecule has 156 valence electrons. The van der Waals surface area contributed by atoms with E-state index in [2.05, 4.69) is 41.6 Å². The van der Waals surface area contributed by atoms with Gasteiger partial charge in [0.05, 0.1) is 6.10 Å². The Kier molecular flexibility index (Phi) is 10.0. The van der Waals surface area contributed by atoms with Crippen molar-refractivity contribution in [3.63, 3.8) is 0 Å². The Morgan fingerprint density at radius 2 is 1.93 bits per heavy atom. The lowest BCUT2D eigenvalue weighted by atomic mass is 9.89. The number of aliphatic imine (C=N–C) groups is 1. The minimum atomic E-state index is 0. The quantitative estimate of drug-likeness (QED) is 0.363. The van der Waals surface area contributed by atoms with Crippen LogP contribution in [0.4, 0.5) is 0 Å². The molecule has 1 fully saturated rings. The number of hydrogen-bond donors (Lipinski definition) is 2. The first-order valence-electron chi connectivity index (χ1n) is 9.73. The number of rotatable bonds is 6. The average molecular weight is 492 g/mol. The summed E-state index contributed by atoms with van der Waals surface area (Å²) in [6.07, 6.45) is 6.43. The summed E-state index contributed by atoms with van der Waals surface area (Å²) in [5.41, 5.74) is 0.0679. The number of hydrogen-bond acceptors (Lipinski definition) is 4. The number of methoxy groups -OCH3 is 1. The van der Waals surface area contributed by atoms with Crippen LogP contribution in [0.15, 0.2) is 4.99 Å². The molecule has 1 aliphatic rings. The first kappa shape index (κ1) is 24.1. The van der Waals surface area contributed by atoms with Crippen LogP contribution in [0, 0.1) is 12.3 Å². The van der Waals surface area contributed by atoms with Crippen LogP contribution in [0.2, 0.25) is 0 Å². The molecule has 0 amide bonds. The molecule has 0 aliphatic heterocycles. The summed E-state index contributed by atoms with van der Waals surface area (Å²) in [5, 5.41) is 15.4. The van der Waals surface area contributed by atoms with Crippen LogP contribution in [0.25, 0.3) is 0 Å². The monoisotopic (exact) mass is 492 g/mol. The highest BCUT2D eigenvalue weighted by Crippen LogP contribution is 2.21. The molecule has 1 heterocycles. The van der Waals surface area contributed by atoms with Gasteiger partial charge in [0.2, 0.25) is 0 Å². The number of aromatic nitrogens is 3. The average Bonchev–Trinajstić information content (AvgIpc) is 2.91. The van der Waals surface area contributed by atoms with Gasteiger partial charge in [0.25, 0.3) is 0 Å². The Morgan fingerprint density at radius 3 is 2.44 bits per heavy atom. The second-order valence-corrected chi connectivity index (χ2v) is 8.34. The van der Waals surface area contributed by atoms with E-state index in [1.807, 2.05) is 18.5 Å². The fourth-order valence-electron chi connectivity index (χ4n) is 3.26. The Hall–Kier alpha value is -0.900. The number of aryl methyl sites for hydroxylation is 1. The molecule has 1 saturated carbocycles. The van der Waals surface area contributed by atoms with Gasteiger partial charge in [-0.2, -0.15) is 0 Å². The lowest BCUT2D eigenvalue weighted by molar-refractivity contribution is 0.0205. The maximum Gasteiger partial charge on any atom is 0.192 e. The zero-order chi connectivity index (χ0) is 19.2. The van der Waals surface area contributed by atoms with E-state index < -0.39 is 0 Å². The smallest absolute Gasteiger partial charge is 0.192 e. The topological polar surface area (TPSA) is 76.4 Å². The number of guanidine groups is 1. The Balaban J connectivity index is 0.00000364. The van der Waals surface area contributed by atoms with E-state index in [9.17, 15) is 0 Å². The maximum atomic E-state index is 5.67. The van der Waals surface area contributed by atoms with E-state index in [1.54, 1.807) is 7.11 Å². The molecule has 0 bridgehead atoms. The molecular formula is C19H37IN6O. The van der Waals surface area contributed by atoms with E-state index in [-0.39, 0.29) is 35.5 Å². The molecule has 2 N–H and O–H groups in total. The molecule has 0 saturated heterocycles. The fourth-order valence-corrected chi connectivity index (χ4v) is 3.26. The zero-order valence-corrected chi connectivity index (χ0v) is 20.0. The minimum absolute atomic E-state index is 0. The third-order valence-electron chi connectivity index (χ3n) is 5.21. The predicted octanol–water partition coefficient (Wildman–Crippen LogP) is 3.17. The highest BCUT2D eigenvalue weighted by atomic mass is 127. The van der Waals surface area contributed by atoms with Crippen molar-refractivity contribution < 1.29 is 4.74 Å². The number of nitrogens with zero attached hydrogens (tertiary/aromatic N) is 4. The molecule has 8 heteroatoms. The van der Waals surface area contributed by atoms with Crippen molar-refractivity contribution in [3.8, 4) is 0 Å². The van der Waals surface area contributed by atoms with E-state index in [1.165, 1.54) is 32.1 Å². The van der Waals surface area contributed by atoms with Crippen molar-refractivity contribution in [1.29, 1.82) is 0 Å². The van der Waals surface area contributed by atoms with Crippen molar-refractivity contribution in [2.75, 3.05) is 13.7 Å². The van der Waals surface area contributed by atoms with Crippen molar-refractivity contribution in [2.45, 2.75) is 78.5 Å². The fraction of sp³-hybridized carbons (Fsp3) is 0.842. The van der Waals surface area contributed by atoms with E-state index in [0.29, 0.717) is 12.6 Å². The molecule has 1 aliphatic carbocycles. The zero-order valence-electron chi connectivity index (χ0n) is 17.7. The van der Waals surface area contributed by atoms with E-state index in [4.69, 9.17) is 9.73 Å². The van der Waals surface area contributed by atoms with E-state index >= 15 is 0 Å². The predicted molar refractivity (Wildman–Crippen MR) is 121 cm³/mol. The van der Waals surface area contributed by atoms with Crippen LogP contribution in [0.5, 0.6) is 0 Å². The molecule has 7 nitrogen and oxygen atoms in total. The summed E-state index contributed by atoms with van der Waals surface area (Å²) in [7, 11) is 3.74. The van der Waals surface area contributed by atoms with Crippen LogP contribution < -0.4 is 10.6 Å². The molecule has 2 rings (SSSR count). The standard InChI is InChI=1S/C19H36N6O.HI/c1-14-23-24-17(25(14)5)13-21-18(22-15-10-8-7-9-11-15)20-12-16(26-6)19(2,3)4;/h15-16H,7-13H2,1-6H3,(H2,20,21,22);1H. The van der Waals surface area contributed by atoms with Gasteiger partial charge >= 0.3 is 0 Å². The molecule has 27 heavy (non-hydrogen) atoms. The van der Waals surface area contributed by atoms with Crippen molar-refractivity contribution in [2.24, 2.45) is 17.5 Å². The second kappa shape index (κ2) is 11.2. The van der Waals surface area contributed by atoms with Gasteiger partial charge in [-0.3, -0.25) is 0 Å². The SMILES string of the molecule is COC(CNC(=NCc1nnc(C)n1C)NC1CCCCC1)C(C)(C)C.I. The Bertz CT molecular complexity index is 590. The third-order valence-corrected chi connectivity index (χ3v) is 5.21. The number of ether oxygens (including phenoxy) is 1. The van der Waals surface area contributed by atoms with Gasteiger partial charge in [-0.1, -0.05) is 40.0 Å². The molecule has 0 radical (unpaired) electrons.